The van der Waals surface area contributed by atoms with Gasteiger partial charge in [-0.1, -0.05) is 48.5 Å². The molecule has 0 saturated heterocycles. The molecule has 0 fully saturated rings. The van der Waals surface area contributed by atoms with E-state index in [-0.39, 0.29) is 0 Å². The smallest absolute Gasteiger partial charge is 0.341 e. The average molecular weight is 463 g/mol. The molecule has 0 atom stereocenters. The topological polar surface area (TPSA) is 26.3 Å². The van der Waals surface area contributed by atoms with Gasteiger partial charge < -0.3 is 4.74 Å². The van der Waals surface area contributed by atoms with Gasteiger partial charge >= 0.3 is 5.97 Å². The molecule has 2 nitrogen and oxygen atoms in total. The van der Waals surface area contributed by atoms with Crippen molar-refractivity contribution in [3.8, 4) is 0 Å². The fourth-order valence-corrected chi connectivity index (χ4v) is 2.29. The minimum absolute atomic E-state index is 0.401. The lowest BCUT2D eigenvalue weighted by Crippen LogP contribution is -2.16. The predicted octanol–water partition coefficient (Wildman–Crippen LogP) is 5.23. The number of hydrogen-bond acceptors (Lipinski definition) is 2. The SMILES string of the molecule is O=C(OC(Br)(Br)Br)c1ccccc1Cc1ccccc1. The first kappa shape index (κ1) is 15.7. The van der Waals surface area contributed by atoms with E-state index < -0.39 is 8.30 Å². The Kier molecular flexibility index (Phi) is 5.41. The van der Waals surface area contributed by atoms with Gasteiger partial charge in [-0.3, -0.25) is 0 Å². The second kappa shape index (κ2) is 6.87. The van der Waals surface area contributed by atoms with Crippen molar-refractivity contribution in [3.05, 3.63) is 71.3 Å². The molecule has 5 heteroatoms. The van der Waals surface area contributed by atoms with Gasteiger partial charge in [0.25, 0.3) is 2.33 Å². The molecule has 2 aromatic carbocycles. The summed E-state index contributed by atoms with van der Waals surface area (Å²) in [5, 5.41) is 0. The lowest BCUT2D eigenvalue weighted by Gasteiger charge is -2.15. The van der Waals surface area contributed by atoms with E-state index in [1.165, 1.54) is 0 Å². The van der Waals surface area contributed by atoms with Crippen molar-refractivity contribution in [2.75, 3.05) is 0 Å². The zero-order chi connectivity index (χ0) is 14.6. The van der Waals surface area contributed by atoms with E-state index in [2.05, 4.69) is 47.8 Å². The zero-order valence-electron chi connectivity index (χ0n) is 10.4. The van der Waals surface area contributed by atoms with Gasteiger partial charge in [0, 0.05) is 0 Å². The van der Waals surface area contributed by atoms with Crippen LogP contribution in [0.2, 0.25) is 0 Å². The molecule has 0 N–H and O–H groups in total. The third-order valence-corrected chi connectivity index (χ3v) is 3.17. The molecule has 0 radical (unpaired) electrons. The Bertz CT molecular complexity index is 592. The molecule has 0 aliphatic heterocycles. The number of hydrogen-bond donors (Lipinski definition) is 0. The zero-order valence-corrected chi connectivity index (χ0v) is 15.1. The van der Waals surface area contributed by atoms with Crippen LogP contribution in [0.25, 0.3) is 0 Å². The van der Waals surface area contributed by atoms with Gasteiger partial charge in [0.15, 0.2) is 0 Å². The Labute approximate surface area is 142 Å². The van der Waals surface area contributed by atoms with Gasteiger partial charge in [0.05, 0.1) is 5.56 Å². The first-order chi connectivity index (χ1) is 9.46. The summed E-state index contributed by atoms with van der Waals surface area (Å²) in [6, 6.07) is 17.4. The number of benzene rings is 2. The van der Waals surface area contributed by atoms with Crippen LogP contribution in [-0.4, -0.2) is 8.30 Å². The molecule has 20 heavy (non-hydrogen) atoms. The van der Waals surface area contributed by atoms with Gasteiger partial charge in [-0.25, -0.2) is 4.79 Å². The van der Waals surface area contributed by atoms with Crippen LogP contribution in [0, 0.1) is 0 Å². The highest BCUT2D eigenvalue weighted by Gasteiger charge is 2.25. The number of alkyl halides is 3. The van der Waals surface area contributed by atoms with Gasteiger partial charge in [0.1, 0.15) is 0 Å². The molecule has 0 aliphatic carbocycles. The first-order valence-corrected chi connectivity index (χ1v) is 8.25. The van der Waals surface area contributed by atoms with Crippen molar-refractivity contribution < 1.29 is 9.53 Å². The molecule has 104 valence electrons. The highest BCUT2D eigenvalue weighted by Crippen LogP contribution is 2.35. The molecule has 0 bridgehead atoms. The van der Waals surface area contributed by atoms with E-state index in [0.29, 0.717) is 12.0 Å². The molecule has 0 heterocycles. The summed E-state index contributed by atoms with van der Waals surface area (Å²) >= 11 is 9.47. The predicted molar refractivity (Wildman–Crippen MR) is 90.6 cm³/mol. The van der Waals surface area contributed by atoms with Crippen LogP contribution in [-0.2, 0) is 11.2 Å². The maximum atomic E-state index is 12.2. The normalized spacial score (nSPS) is 11.2. The number of ether oxygens (including phenoxy) is 1. The van der Waals surface area contributed by atoms with E-state index in [4.69, 9.17) is 4.74 Å². The summed E-state index contributed by atoms with van der Waals surface area (Å²) in [4.78, 5) is 12.2. The van der Waals surface area contributed by atoms with E-state index in [0.717, 1.165) is 11.1 Å². The Morgan fingerprint density at radius 3 is 2.20 bits per heavy atom. The number of carbonyl (C=O) groups excluding carboxylic acids is 1. The average Bonchev–Trinajstić information content (AvgIpc) is 2.38. The van der Waals surface area contributed by atoms with Crippen LogP contribution < -0.4 is 0 Å². The van der Waals surface area contributed by atoms with E-state index in [1.807, 2.05) is 48.5 Å². The fraction of sp³-hybridized carbons (Fsp3) is 0.133. The van der Waals surface area contributed by atoms with Crippen LogP contribution in [0.3, 0.4) is 0 Å². The lowest BCUT2D eigenvalue weighted by molar-refractivity contribution is 0.0536. The lowest BCUT2D eigenvalue weighted by atomic mass is 10.00. The minimum Gasteiger partial charge on any atom is -0.423 e. The molecule has 0 saturated carbocycles. The number of rotatable bonds is 3. The second-order valence-corrected chi connectivity index (χ2v) is 10.7. The van der Waals surface area contributed by atoms with Gasteiger partial charge in [-0.2, -0.15) is 0 Å². The quantitative estimate of drug-likeness (QED) is 0.461. The summed E-state index contributed by atoms with van der Waals surface area (Å²) in [5.41, 5.74) is 2.63. The molecular weight excluding hydrogens is 452 g/mol. The molecule has 0 amide bonds. The van der Waals surface area contributed by atoms with E-state index in [9.17, 15) is 4.79 Å². The van der Waals surface area contributed by atoms with Crippen molar-refractivity contribution in [2.45, 2.75) is 8.75 Å². The number of carbonyl (C=O) groups is 1. The number of halogens is 3. The first-order valence-electron chi connectivity index (χ1n) is 5.87. The van der Waals surface area contributed by atoms with Gasteiger partial charge in [-0.15, -0.1) is 0 Å². The summed E-state index contributed by atoms with van der Waals surface area (Å²) in [6.45, 7) is 0. The van der Waals surface area contributed by atoms with Crippen molar-refractivity contribution in [1.29, 1.82) is 0 Å². The molecule has 0 aliphatic rings. The van der Waals surface area contributed by atoms with Gasteiger partial charge in [-0.05, 0) is 71.4 Å². The molecule has 0 spiro atoms. The maximum absolute atomic E-state index is 12.2. The van der Waals surface area contributed by atoms with Crippen LogP contribution in [0.5, 0.6) is 0 Å². The summed E-state index contributed by atoms with van der Waals surface area (Å²) in [7, 11) is 0. The van der Waals surface area contributed by atoms with Crippen molar-refractivity contribution >= 4 is 53.8 Å². The minimum atomic E-state index is -1.04. The van der Waals surface area contributed by atoms with Crippen LogP contribution in [0.15, 0.2) is 54.6 Å². The summed E-state index contributed by atoms with van der Waals surface area (Å²) in [6.07, 6.45) is 0.686. The second-order valence-electron chi connectivity index (χ2n) is 4.15. The highest BCUT2D eigenvalue weighted by atomic mass is 80.0. The molecule has 0 aromatic heterocycles. The van der Waals surface area contributed by atoms with Crippen molar-refractivity contribution in [3.63, 3.8) is 0 Å². The van der Waals surface area contributed by atoms with Crippen molar-refractivity contribution in [2.24, 2.45) is 0 Å². The van der Waals surface area contributed by atoms with Crippen LogP contribution >= 0.6 is 47.8 Å². The molecular formula is C15H11Br3O2. The highest BCUT2D eigenvalue weighted by molar-refractivity contribution is 9.39. The molecule has 2 aromatic rings. The molecule has 2 rings (SSSR count). The van der Waals surface area contributed by atoms with Crippen LogP contribution in [0.1, 0.15) is 21.5 Å². The number of esters is 1. The Balaban J connectivity index is 2.25. The molecule has 0 unspecified atom stereocenters. The third-order valence-electron chi connectivity index (χ3n) is 2.68. The Morgan fingerprint density at radius 2 is 1.55 bits per heavy atom. The van der Waals surface area contributed by atoms with Crippen molar-refractivity contribution in [1.82, 2.24) is 0 Å². The maximum Gasteiger partial charge on any atom is 0.341 e. The van der Waals surface area contributed by atoms with Crippen LogP contribution in [0.4, 0.5) is 0 Å². The monoisotopic (exact) mass is 460 g/mol. The summed E-state index contributed by atoms with van der Waals surface area (Å²) in [5.74, 6) is -0.401. The summed E-state index contributed by atoms with van der Waals surface area (Å²) < 4.78 is 4.18. The third kappa shape index (κ3) is 4.72. The Morgan fingerprint density at radius 1 is 0.950 bits per heavy atom. The van der Waals surface area contributed by atoms with E-state index in [1.54, 1.807) is 6.07 Å². The van der Waals surface area contributed by atoms with Gasteiger partial charge in [0.2, 0.25) is 0 Å². The van der Waals surface area contributed by atoms with E-state index >= 15 is 0 Å². The largest absolute Gasteiger partial charge is 0.423 e. The fourth-order valence-electron chi connectivity index (χ4n) is 1.85. The standard InChI is InChI=1S/C15H11Br3O2/c16-15(17,18)20-14(19)13-9-5-4-8-12(13)10-11-6-2-1-3-7-11/h1-9H,10H2. The Hall–Kier alpha value is -0.650.